The summed E-state index contributed by atoms with van der Waals surface area (Å²) in [4.78, 5) is 0. The van der Waals surface area contributed by atoms with Crippen LogP contribution in [0.15, 0.2) is 18.2 Å². The zero-order chi connectivity index (χ0) is 12.9. The van der Waals surface area contributed by atoms with Crippen LogP contribution in [0.25, 0.3) is 0 Å². The van der Waals surface area contributed by atoms with Gasteiger partial charge in [-0.2, -0.15) is 0 Å². The van der Waals surface area contributed by atoms with Crippen molar-refractivity contribution >= 4 is 23.2 Å². The van der Waals surface area contributed by atoms with Crippen molar-refractivity contribution in [2.24, 2.45) is 5.41 Å². The molecule has 0 aliphatic rings. The fourth-order valence-corrected chi connectivity index (χ4v) is 3.13. The van der Waals surface area contributed by atoms with Gasteiger partial charge in [0.2, 0.25) is 0 Å². The number of aryl methyl sites for hydroxylation is 2. The van der Waals surface area contributed by atoms with Gasteiger partial charge < -0.3 is 0 Å². The molecule has 17 heavy (non-hydrogen) atoms. The Morgan fingerprint density at radius 1 is 1.06 bits per heavy atom. The third-order valence-electron chi connectivity index (χ3n) is 3.54. The number of halogens is 2. The molecule has 0 atom stereocenters. The van der Waals surface area contributed by atoms with E-state index in [0.29, 0.717) is 11.8 Å². The van der Waals surface area contributed by atoms with Gasteiger partial charge >= 0.3 is 0 Å². The first-order valence-corrected chi connectivity index (χ1v) is 7.32. The summed E-state index contributed by atoms with van der Waals surface area (Å²) in [6.45, 7) is 6.53. The molecule has 0 saturated heterocycles. The average molecular weight is 273 g/mol. The van der Waals surface area contributed by atoms with E-state index in [2.05, 4.69) is 39.0 Å². The largest absolute Gasteiger partial charge is 0.126 e. The lowest BCUT2D eigenvalue weighted by Crippen LogP contribution is -2.28. The zero-order valence-electron chi connectivity index (χ0n) is 11.0. The van der Waals surface area contributed by atoms with Crippen molar-refractivity contribution < 1.29 is 0 Å². The monoisotopic (exact) mass is 272 g/mol. The van der Waals surface area contributed by atoms with Gasteiger partial charge in [-0.1, -0.05) is 31.5 Å². The number of hydrogen-bond donors (Lipinski definition) is 0. The van der Waals surface area contributed by atoms with E-state index in [-0.39, 0.29) is 5.41 Å². The van der Waals surface area contributed by atoms with Gasteiger partial charge in [0.05, 0.1) is 0 Å². The van der Waals surface area contributed by atoms with Crippen molar-refractivity contribution in [1.82, 2.24) is 0 Å². The third-order valence-corrected chi connectivity index (χ3v) is 4.68. The van der Waals surface area contributed by atoms with Gasteiger partial charge in [-0.15, -0.1) is 23.2 Å². The summed E-state index contributed by atoms with van der Waals surface area (Å²) in [6.07, 6.45) is 3.21. The minimum atomic E-state index is 0.0503. The molecular formula is C15H22Cl2. The number of alkyl halides is 2. The van der Waals surface area contributed by atoms with Crippen LogP contribution in [0.4, 0.5) is 0 Å². The van der Waals surface area contributed by atoms with E-state index < -0.39 is 0 Å². The fourth-order valence-electron chi connectivity index (χ4n) is 2.39. The Morgan fingerprint density at radius 2 is 1.59 bits per heavy atom. The molecule has 0 spiro atoms. The van der Waals surface area contributed by atoms with Crippen molar-refractivity contribution in [3.05, 3.63) is 34.9 Å². The molecule has 0 amide bonds. The molecule has 0 fully saturated rings. The van der Waals surface area contributed by atoms with E-state index in [0.717, 1.165) is 19.3 Å². The van der Waals surface area contributed by atoms with Crippen LogP contribution in [0, 0.1) is 19.3 Å². The van der Waals surface area contributed by atoms with Crippen LogP contribution in [0.1, 0.15) is 36.5 Å². The Kier molecular flexibility index (Phi) is 5.82. The van der Waals surface area contributed by atoms with E-state index in [9.17, 15) is 0 Å². The first-order chi connectivity index (χ1) is 8.08. The number of rotatable bonds is 6. The summed E-state index contributed by atoms with van der Waals surface area (Å²) in [5.41, 5.74) is 4.16. The van der Waals surface area contributed by atoms with Crippen LogP contribution < -0.4 is 0 Å². The maximum Gasteiger partial charge on any atom is 0.0294 e. The average Bonchev–Trinajstić information content (AvgIpc) is 2.33. The second kappa shape index (κ2) is 6.66. The lowest BCUT2D eigenvalue weighted by atomic mass is 9.79. The van der Waals surface area contributed by atoms with Gasteiger partial charge in [0.15, 0.2) is 0 Å². The van der Waals surface area contributed by atoms with E-state index >= 15 is 0 Å². The maximum atomic E-state index is 6.17. The molecule has 0 saturated carbocycles. The Labute approximate surface area is 115 Å². The minimum Gasteiger partial charge on any atom is -0.126 e. The van der Waals surface area contributed by atoms with Crippen molar-refractivity contribution in [2.45, 2.75) is 40.0 Å². The van der Waals surface area contributed by atoms with Crippen molar-refractivity contribution in [2.75, 3.05) is 11.8 Å². The Balaban J connectivity index is 3.01. The second-order valence-corrected chi connectivity index (χ2v) is 5.60. The molecule has 2 heteroatoms. The van der Waals surface area contributed by atoms with E-state index in [1.54, 1.807) is 0 Å². The molecule has 0 heterocycles. The molecule has 1 aromatic rings. The smallest absolute Gasteiger partial charge is 0.0294 e. The molecule has 1 aromatic carbocycles. The molecule has 0 N–H and O–H groups in total. The normalized spacial score (nSPS) is 11.8. The molecule has 0 aliphatic heterocycles. The molecule has 0 unspecified atom stereocenters. The van der Waals surface area contributed by atoms with Crippen LogP contribution in [-0.2, 0) is 6.42 Å². The van der Waals surface area contributed by atoms with Crippen LogP contribution in [0.5, 0.6) is 0 Å². The van der Waals surface area contributed by atoms with E-state index in [4.69, 9.17) is 23.2 Å². The lowest BCUT2D eigenvalue weighted by molar-refractivity contribution is 0.340. The molecule has 0 aromatic heterocycles. The highest BCUT2D eigenvalue weighted by Crippen LogP contribution is 2.33. The Hall–Kier alpha value is -0.200. The minimum absolute atomic E-state index is 0.0503. The van der Waals surface area contributed by atoms with E-state index in [1.165, 1.54) is 16.7 Å². The van der Waals surface area contributed by atoms with Gasteiger partial charge in [-0.3, -0.25) is 0 Å². The second-order valence-electron chi connectivity index (χ2n) is 5.06. The summed E-state index contributed by atoms with van der Waals surface area (Å²) in [7, 11) is 0. The molecule has 0 radical (unpaired) electrons. The molecule has 0 aliphatic carbocycles. The number of benzene rings is 1. The van der Waals surface area contributed by atoms with Gasteiger partial charge in [0.25, 0.3) is 0 Å². The summed E-state index contributed by atoms with van der Waals surface area (Å²) in [5.74, 6) is 1.27. The van der Waals surface area contributed by atoms with Crippen LogP contribution in [0.3, 0.4) is 0 Å². The zero-order valence-corrected chi connectivity index (χ0v) is 12.5. The Morgan fingerprint density at radius 3 is 2.00 bits per heavy atom. The Bertz CT molecular complexity index is 334. The van der Waals surface area contributed by atoms with Gasteiger partial charge in [-0.05, 0) is 43.4 Å². The fraction of sp³-hybridized carbons (Fsp3) is 0.600. The predicted molar refractivity (Wildman–Crippen MR) is 78.4 cm³/mol. The topological polar surface area (TPSA) is 0 Å². The lowest BCUT2D eigenvalue weighted by Gasteiger charge is -2.30. The van der Waals surface area contributed by atoms with Crippen molar-refractivity contribution in [1.29, 1.82) is 0 Å². The molecule has 96 valence electrons. The van der Waals surface area contributed by atoms with Gasteiger partial charge in [0, 0.05) is 17.2 Å². The molecular weight excluding hydrogens is 251 g/mol. The number of hydrogen-bond acceptors (Lipinski definition) is 0. The third kappa shape index (κ3) is 3.63. The first-order valence-electron chi connectivity index (χ1n) is 6.25. The summed E-state index contributed by atoms with van der Waals surface area (Å²) < 4.78 is 0. The highest BCUT2D eigenvalue weighted by molar-refractivity contribution is 6.21. The van der Waals surface area contributed by atoms with Crippen molar-refractivity contribution in [3.63, 3.8) is 0 Å². The highest BCUT2D eigenvalue weighted by Gasteiger charge is 2.28. The van der Waals surface area contributed by atoms with Gasteiger partial charge in [0.1, 0.15) is 0 Å². The quantitative estimate of drug-likeness (QED) is 0.632. The van der Waals surface area contributed by atoms with Gasteiger partial charge in [-0.25, -0.2) is 0 Å². The summed E-state index contributed by atoms with van der Waals surface area (Å²) >= 11 is 12.3. The van der Waals surface area contributed by atoms with Crippen LogP contribution in [-0.4, -0.2) is 11.8 Å². The SMILES string of the molecule is CCCC(CCl)(CCl)Cc1c(C)cccc1C. The molecule has 0 nitrogen and oxygen atoms in total. The molecule has 1 rings (SSSR count). The van der Waals surface area contributed by atoms with Crippen LogP contribution in [0.2, 0.25) is 0 Å². The summed E-state index contributed by atoms with van der Waals surface area (Å²) in [5, 5.41) is 0. The highest BCUT2D eigenvalue weighted by atomic mass is 35.5. The summed E-state index contributed by atoms with van der Waals surface area (Å²) in [6, 6.07) is 6.44. The molecule has 0 bridgehead atoms. The predicted octanol–water partition coefficient (Wildman–Crippen LogP) is 5.11. The first kappa shape index (κ1) is 14.9. The standard InChI is InChI=1S/C15H22Cl2/c1-4-8-15(10-16,11-17)9-14-12(2)6-5-7-13(14)3/h5-7H,4,8-11H2,1-3H3. The van der Waals surface area contributed by atoms with E-state index in [1.807, 2.05) is 0 Å². The van der Waals surface area contributed by atoms with Crippen molar-refractivity contribution in [3.8, 4) is 0 Å². The maximum absolute atomic E-state index is 6.17. The van der Waals surface area contributed by atoms with Crippen LogP contribution >= 0.6 is 23.2 Å².